The number of rotatable bonds is 6. The summed E-state index contributed by atoms with van der Waals surface area (Å²) in [5.41, 5.74) is 1.37. The van der Waals surface area contributed by atoms with Gasteiger partial charge in [0.05, 0.1) is 24.9 Å². The largest absolute Gasteiger partial charge is 0.481 e. The molecule has 0 aromatic carbocycles. The molecule has 2 aromatic rings. The molecule has 25 heavy (non-hydrogen) atoms. The highest BCUT2D eigenvalue weighted by Crippen LogP contribution is 2.39. The van der Waals surface area contributed by atoms with E-state index in [9.17, 15) is 13.5 Å². The summed E-state index contributed by atoms with van der Waals surface area (Å²) in [4.78, 5) is 4.17. The summed E-state index contributed by atoms with van der Waals surface area (Å²) in [5, 5.41) is 13.8. The molecule has 136 valence electrons. The second-order valence-electron chi connectivity index (χ2n) is 6.37. The van der Waals surface area contributed by atoms with Gasteiger partial charge in [0, 0.05) is 19.3 Å². The highest BCUT2D eigenvalue weighted by molar-refractivity contribution is 7.89. The summed E-state index contributed by atoms with van der Waals surface area (Å²) in [6.45, 7) is 1.74. The van der Waals surface area contributed by atoms with E-state index in [4.69, 9.17) is 4.74 Å². The van der Waals surface area contributed by atoms with Gasteiger partial charge in [0.1, 0.15) is 0 Å². The maximum Gasteiger partial charge on any atom is 0.258 e. The van der Waals surface area contributed by atoms with Gasteiger partial charge >= 0.3 is 0 Å². The maximum absolute atomic E-state index is 12.8. The Balaban J connectivity index is 1.90. The smallest absolute Gasteiger partial charge is 0.258 e. The van der Waals surface area contributed by atoms with Gasteiger partial charge in [-0.3, -0.25) is 4.68 Å². The van der Waals surface area contributed by atoms with E-state index in [-0.39, 0.29) is 17.0 Å². The lowest BCUT2D eigenvalue weighted by Crippen LogP contribution is -2.41. The van der Waals surface area contributed by atoms with E-state index in [0.717, 1.165) is 5.56 Å². The Hall–Kier alpha value is -1.97. The van der Waals surface area contributed by atoms with E-state index in [1.807, 2.05) is 0 Å². The number of methoxy groups -OCH3 is 1. The highest BCUT2D eigenvalue weighted by Gasteiger charge is 2.38. The molecule has 0 radical (unpaired) electrons. The van der Waals surface area contributed by atoms with E-state index in [0.29, 0.717) is 24.4 Å². The molecule has 2 aromatic heterocycles. The molecule has 0 saturated heterocycles. The standard InChI is InChI=1S/C16H22N4O4S/c1-10-6-15(20(2)18-10)25(22,23)19-16(12-7-13(21)8-12)11-4-5-14(24-3)17-9-11/h4-6,9,12-13,16,19,21H,7-8H2,1-3H3. The van der Waals surface area contributed by atoms with Gasteiger partial charge in [-0.1, -0.05) is 6.07 Å². The fourth-order valence-corrected chi connectivity index (χ4v) is 4.60. The molecule has 1 saturated carbocycles. The minimum Gasteiger partial charge on any atom is -0.481 e. The van der Waals surface area contributed by atoms with Gasteiger partial charge in [-0.15, -0.1) is 0 Å². The summed E-state index contributed by atoms with van der Waals surface area (Å²) >= 11 is 0. The van der Waals surface area contributed by atoms with Crippen LogP contribution in [0.4, 0.5) is 0 Å². The lowest BCUT2D eigenvalue weighted by atomic mass is 9.76. The third-order valence-electron chi connectivity index (χ3n) is 4.47. The molecule has 1 fully saturated rings. The first-order chi connectivity index (χ1) is 11.8. The van der Waals surface area contributed by atoms with Crippen LogP contribution in [0.15, 0.2) is 29.4 Å². The van der Waals surface area contributed by atoms with Crippen LogP contribution in [-0.2, 0) is 17.1 Å². The molecule has 2 heterocycles. The first-order valence-electron chi connectivity index (χ1n) is 8.01. The molecule has 0 aliphatic heterocycles. The van der Waals surface area contributed by atoms with Crippen LogP contribution >= 0.6 is 0 Å². The number of aliphatic hydroxyl groups is 1. The molecule has 1 unspecified atom stereocenters. The molecule has 1 atom stereocenters. The van der Waals surface area contributed by atoms with Gasteiger partial charge in [-0.25, -0.2) is 18.1 Å². The monoisotopic (exact) mass is 366 g/mol. The zero-order valence-electron chi connectivity index (χ0n) is 14.4. The minimum absolute atomic E-state index is 0.00861. The number of nitrogens with one attached hydrogen (secondary N) is 1. The number of nitrogens with zero attached hydrogens (tertiary/aromatic N) is 3. The Morgan fingerprint density at radius 2 is 2.12 bits per heavy atom. The summed E-state index contributed by atoms with van der Waals surface area (Å²) in [6.07, 6.45) is 2.31. The van der Waals surface area contributed by atoms with E-state index < -0.39 is 16.1 Å². The van der Waals surface area contributed by atoms with Crippen molar-refractivity contribution in [1.29, 1.82) is 0 Å². The van der Waals surface area contributed by atoms with Crippen LogP contribution in [0.2, 0.25) is 0 Å². The summed E-state index contributed by atoms with van der Waals surface area (Å²) < 4.78 is 34.8. The van der Waals surface area contributed by atoms with Crippen molar-refractivity contribution in [1.82, 2.24) is 19.5 Å². The van der Waals surface area contributed by atoms with E-state index in [1.54, 1.807) is 32.3 Å². The highest BCUT2D eigenvalue weighted by atomic mass is 32.2. The van der Waals surface area contributed by atoms with Crippen molar-refractivity contribution in [2.45, 2.75) is 36.9 Å². The quantitative estimate of drug-likeness (QED) is 0.787. The Labute approximate surface area is 146 Å². The van der Waals surface area contributed by atoms with E-state index >= 15 is 0 Å². The number of pyridine rings is 1. The summed E-state index contributed by atoms with van der Waals surface area (Å²) in [7, 11) is -0.643. The predicted molar refractivity (Wildman–Crippen MR) is 90.5 cm³/mol. The Bertz CT molecular complexity index is 842. The fraction of sp³-hybridized carbons (Fsp3) is 0.500. The average molecular weight is 366 g/mol. The van der Waals surface area contributed by atoms with Crippen LogP contribution < -0.4 is 9.46 Å². The van der Waals surface area contributed by atoms with Gasteiger partial charge in [0.25, 0.3) is 10.0 Å². The fourth-order valence-electron chi connectivity index (χ4n) is 3.10. The van der Waals surface area contributed by atoms with Crippen molar-refractivity contribution >= 4 is 10.0 Å². The molecule has 0 amide bonds. The molecule has 9 heteroatoms. The van der Waals surface area contributed by atoms with Crippen molar-refractivity contribution < 1.29 is 18.3 Å². The number of aryl methyl sites for hydroxylation is 2. The summed E-state index contributed by atoms with van der Waals surface area (Å²) in [6, 6.07) is 4.54. The zero-order valence-corrected chi connectivity index (χ0v) is 15.2. The average Bonchev–Trinajstić information content (AvgIpc) is 2.89. The van der Waals surface area contributed by atoms with Crippen molar-refractivity contribution in [3.63, 3.8) is 0 Å². The molecule has 8 nitrogen and oxygen atoms in total. The Kier molecular flexibility index (Phi) is 4.81. The number of aromatic nitrogens is 3. The predicted octanol–water partition coefficient (Wildman–Crippen LogP) is 0.923. The summed E-state index contributed by atoms with van der Waals surface area (Å²) in [5.74, 6) is 0.468. The number of hydrogen-bond acceptors (Lipinski definition) is 6. The van der Waals surface area contributed by atoms with Crippen molar-refractivity contribution in [3.05, 3.63) is 35.7 Å². The third kappa shape index (κ3) is 3.68. The molecule has 0 bridgehead atoms. The van der Waals surface area contributed by atoms with Gasteiger partial charge < -0.3 is 9.84 Å². The molecule has 1 aliphatic rings. The van der Waals surface area contributed by atoms with Gasteiger partial charge in [-0.05, 0) is 37.3 Å². The van der Waals surface area contributed by atoms with Crippen molar-refractivity contribution in [2.24, 2.45) is 13.0 Å². The molecule has 2 N–H and O–H groups in total. The number of aliphatic hydroxyl groups excluding tert-OH is 1. The van der Waals surface area contributed by atoms with Crippen LogP contribution in [0.1, 0.15) is 30.1 Å². The van der Waals surface area contributed by atoms with Gasteiger partial charge in [0.15, 0.2) is 5.03 Å². The van der Waals surface area contributed by atoms with Gasteiger partial charge in [-0.2, -0.15) is 5.10 Å². The van der Waals surface area contributed by atoms with Crippen molar-refractivity contribution in [2.75, 3.05) is 7.11 Å². The topological polar surface area (TPSA) is 106 Å². The first kappa shape index (κ1) is 17.8. The minimum atomic E-state index is -3.76. The van der Waals surface area contributed by atoms with Crippen LogP contribution in [0.5, 0.6) is 5.88 Å². The molecular weight excluding hydrogens is 344 g/mol. The second-order valence-corrected chi connectivity index (χ2v) is 8.03. The number of ether oxygens (including phenoxy) is 1. The molecular formula is C16H22N4O4S. The third-order valence-corrected chi connectivity index (χ3v) is 5.96. The van der Waals surface area contributed by atoms with Crippen LogP contribution in [-0.4, -0.2) is 41.5 Å². The van der Waals surface area contributed by atoms with E-state index in [1.165, 1.54) is 17.9 Å². The number of hydrogen-bond donors (Lipinski definition) is 2. The normalized spacial score (nSPS) is 21.6. The van der Waals surface area contributed by atoms with E-state index in [2.05, 4.69) is 14.8 Å². The lowest BCUT2D eigenvalue weighted by molar-refractivity contribution is 0.0279. The molecule has 1 aliphatic carbocycles. The van der Waals surface area contributed by atoms with Crippen LogP contribution in [0.25, 0.3) is 0 Å². The Morgan fingerprint density at radius 3 is 2.60 bits per heavy atom. The second kappa shape index (κ2) is 6.74. The lowest BCUT2D eigenvalue weighted by Gasteiger charge is -2.37. The first-order valence-corrected chi connectivity index (χ1v) is 9.49. The van der Waals surface area contributed by atoms with Crippen molar-refractivity contribution in [3.8, 4) is 5.88 Å². The SMILES string of the molecule is COc1ccc(C(NS(=O)(=O)c2cc(C)nn2C)C2CC(O)C2)cn1. The number of sulfonamides is 1. The maximum atomic E-state index is 12.8. The van der Waals surface area contributed by atoms with Gasteiger partial charge in [0.2, 0.25) is 5.88 Å². The Morgan fingerprint density at radius 1 is 1.40 bits per heavy atom. The van der Waals surface area contributed by atoms with Crippen LogP contribution in [0.3, 0.4) is 0 Å². The molecule has 0 spiro atoms. The van der Waals surface area contributed by atoms with Crippen LogP contribution in [0, 0.1) is 12.8 Å². The zero-order chi connectivity index (χ0) is 18.2. The molecule has 3 rings (SSSR count).